The largest absolute Gasteiger partial charge is 0.497 e. The third-order valence-electron chi connectivity index (χ3n) is 4.63. The van der Waals surface area contributed by atoms with Crippen LogP contribution in [-0.2, 0) is 0 Å². The molecule has 4 nitrogen and oxygen atoms in total. The lowest BCUT2D eigenvalue weighted by Gasteiger charge is -2.38. The van der Waals surface area contributed by atoms with E-state index in [1.807, 2.05) is 24.3 Å². The van der Waals surface area contributed by atoms with Gasteiger partial charge >= 0.3 is 0 Å². The number of hydrogen-bond donors (Lipinski definition) is 1. The van der Waals surface area contributed by atoms with Crippen molar-refractivity contribution in [1.29, 1.82) is 0 Å². The molecule has 1 aromatic carbocycles. The van der Waals surface area contributed by atoms with Crippen LogP contribution in [0.15, 0.2) is 24.3 Å². The summed E-state index contributed by atoms with van der Waals surface area (Å²) in [5, 5.41) is 3.69. The summed E-state index contributed by atoms with van der Waals surface area (Å²) in [4.78, 5) is 2.56. The molecule has 2 aliphatic rings. The summed E-state index contributed by atoms with van der Waals surface area (Å²) in [6, 6.07) is 9.10. The normalized spacial score (nSPS) is 26.6. The van der Waals surface area contributed by atoms with E-state index in [4.69, 9.17) is 9.47 Å². The average molecular weight is 290 g/mol. The fourth-order valence-electron chi connectivity index (χ4n) is 3.03. The zero-order valence-corrected chi connectivity index (χ0v) is 13.0. The Bertz CT molecular complexity index is 445. The molecule has 2 fully saturated rings. The van der Waals surface area contributed by atoms with Gasteiger partial charge in [0.15, 0.2) is 0 Å². The highest BCUT2D eigenvalue weighted by Gasteiger charge is 2.35. The van der Waals surface area contributed by atoms with Crippen molar-refractivity contribution in [2.75, 3.05) is 33.4 Å². The fourth-order valence-corrected chi connectivity index (χ4v) is 3.03. The van der Waals surface area contributed by atoms with Crippen molar-refractivity contribution in [2.24, 2.45) is 5.92 Å². The molecule has 4 heteroatoms. The maximum Gasteiger partial charge on any atom is 0.119 e. The highest BCUT2D eigenvalue weighted by Crippen LogP contribution is 2.34. The summed E-state index contributed by atoms with van der Waals surface area (Å²) in [5.41, 5.74) is 0. The van der Waals surface area contributed by atoms with Crippen LogP contribution >= 0.6 is 0 Å². The summed E-state index contributed by atoms with van der Waals surface area (Å²) in [6.45, 7) is 6.30. The second kappa shape index (κ2) is 6.67. The zero-order chi connectivity index (χ0) is 14.7. The van der Waals surface area contributed by atoms with Crippen molar-refractivity contribution < 1.29 is 9.47 Å². The molecule has 1 saturated heterocycles. The molecule has 1 aliphatic heterocycles. The molecule has 0 radical (unpaired) electrons. The van der Waals surface area contributed by atoms with Crippen LogP contribution in [-0.4, -0.2) is 50.3 Å². The Hall–Kier alpha value is -1.26. The Morgan fingerprint density at radius 2 is 1.90 bits per heavy atom. The van der Waals surface area contributed by atoms with Crippen LogP contribution in [0, 0.1) is 5.92 Å². The predicted molar refractivity (Wildman–Crippen MR) is 84.0 cm³/mol. The summed E-state index contributed by atoms with van der Waals surface area (Å²) in [5.74, 6) is 2.70. The SMILES string of the molecule is COc1ccc(OCCN2CC(C3CC3)NCC2C)cc1. The molecule has 1 aromatic rings. The highest BCUT2D eigenvalue weighted by atomic mass is 16.5. The zero-order valence-electron chi connectivity index (χ0n) is 13.0. The quantitative estimate of drug-likeness (QED) is 0.870. The van der Waals surface area contributed by atoms with Gasteiger partial charge in [0.1, 0.15) is 18.1 Å². The van der Waals surface area contributed by atoms with E-state index in [0.29, 0.717) is 12.1 Å². The van der Waals surface area contributed by atoms with Gasteiger partial charge in [-0.15, -0.1) is 0 Å². The molecule has 0 spiro atoms. The van der Waals surface area contributed by atoms with Crippen LogP contribution in [0.25, 0.3) is 0 Å². The van der Waals surface area contributed by atoms with E-state index in [1.165, 1.54) is 12.8 Å². The second-order valence-corrected chi connectivity index (χ2v) is 6.22. The Morgan fingerprint density at radius 3 is 2.57 bits per heavy atom. The van der Waals surface area contributed by atoms with Gasteiger partial charge in [-0.05, 0) is 49.9 Å². The minimum absolute atomic E-state index is 0.597. The monoisotopic (exact) mass is 290 g/mol. The van der Waals surface area contributed by atoms with Gasteiger partial charge in [0.05, 0.1) is 7.11 Å². The number of benzene rings is 1. The minimum Gasteiger partial charge on any atom is -0.497 e. The van der Waals surface area contributed by atoms with E-state index in [9.17, 15) is 0 Å². The predicted octanol–water partition coefficient (Wildman–Crippen LogP) is 2.15. The van der Waals surface area contributed by atoms with E-state index >= 15 is 0 Å². The first-order valence-electron chi connectivity index (χ1n) is 8.00. The third-order valence-corrected chi connectivity index (χ3v) is 4.63. The number of hydrogen-bond acceptors (Lipinski definition) is 4. The van der Waals surface area contributed by atoms with Gasteiger partial charge in [0, 0.05) is 31.7 Å². The molecule has 1 heterocycles. The molecule has 3 rings (SSSR count). The van der Waals surface area contributed by atoms with E-state index in [2.05, 4.69) is 17.1 Å². The van der Waals surface area contributed by atoms with E-state index in [0.717, 1.165) is 43.7 Å². The van der Waals surface area contributed by atoms with Crippen molar-refractivity contribution in [2.45, 2.75) is 31.8 Å². The molecule has 21 heavy (non-hydrogen) atoms. The molecular weight excluding hydrogens is 264 g/mol. The van der Waals surface area contributed by atoms with E-state index in [1.54, 1.807) is 7.11 Å². The van der Waals surface area contributed by atoms with Gasteiger partial charge < -0.3 is 14.8 Å². The van der Waals surface area contributed by atoms with Gasteiger partial charge in [-0.1, -0.05) is 0 Å². The number of ether oxygens (including phenoxy) is 2. The molecule has 0 aromatic heterocycles. The van der Waals surface area contributed by atoms with Crippen LogP contribution in [0.4, 0.5) is 0 Å². The first kappa shape index (κ1) is 14.7. The molecule has 0 bridgehead atoms. The Morgan fingerprint density at radius 1 is 1.19 bits per heavy atom. The van der Waals surface area contributed by atoms with Gasteiger partial charge in [-0.3, -0.25) is 4.90 Å². The molecule has 1 aliphatic carbocycles. The first-order valence-corrected chi connectivity index (χ1v) is 8.00. The first-order chi connectivity index (χ1) is 10.3. The maximum absolute atomic E-state index is 5.85. The smallest absolute Gasteiger partial charge is 0.119 e. The molecule has 0 amide bonds. The van der Waals surface area contributed by atoms with Crippen molar-refractivity contribution in [1.82, 2.24) is 10.2 Å². The van der Waals surface area contributed by atoms with Gasteiger partial charge in [-0.2, -0.15) is 0 Å². The molecule has 2 atom stereocenters. The van der Waals surface area contributed by atoms with Crippen LogP contribution in [0.1, 0.15) is 19.8 Å². The average Bonchev–Trinajstić information content (AvgIpc) is 3.35. The van der Waals surface area contributed by atoms with Crippen molar-refractivity contribution >= 4 is 0 Å². The van der Waals surface area contributed by atoms with Crippen LogP contribution in [0.5, 0.6) is 11.5 Å². The summed E-state index contributed by atoms with van der Waals surface area (Å²) >= 11 is 0. The maximum atomic E-state index is 5.85. The summed E-state index contributed by atoms with van der Waals surface area (Å²) < 4.78 is 11.0. The van der Waals surface area contributed by atoms with Crippen LogP contribution in [0.3, 0.4) is 0 Å². The third kappa shape index (κ3) is 3.89. The number of nitrogens with zero attached hydrogens (tertiary/aromatic N) is 1. The highest BCUT2D eigenvalue weighted by molar-refractivity contribution is 5.31. The van der Waals surface area contributed by atoms with Gasteiger partial charge in [-0.25, -0.2) is 0 Å². The Labute approximate surface area is 127 Å². The van der Waals surface area contributed by atoms with E-state index in [-0.39, 0.29) is 0 Å². The van der Waals surface area contributed by atoms with Crippen molar-refractivity contribution in [3.8, 4) is 11.5 Å². The standard InChI is InChI=1S/C17H26N2O2/c1-13-11-18-17(14-3-4-14)12-19(13)9-10-21-16-7-5-15(20-2)6-8-16/h5-8,13-14,17-18H,3-4,9-12H2,1-2H3. The van der Waals surface area contributed by atoms with Gasteiger partial charge in [0.25, 0.3) is 0 Å². The fraction of sp³-hybridized carbons (Fsp3) is 0.647. The number of methoxy groups -OCH3 is 1. The lowest BCUT2D eigenvalue weighted by atomic mass is 10.1. The van der Waals surface area contributed by atoms with Crippen LogP contribution < -0.4 is 14.8 Å². The lowest BCUT2D eigenvalue weighted by molar-refractivity contribution is 0.112. The Kier molecular flexibility index (Phi) is 4.66. The summed E-state index contributed by atoms with van der Waals surface area (Å²) in [7, 11) is 1.68. The van der Waals surface area contributed by atoms with Crippen LogP contribution in [0.2, 0.25) is 0 Å². The minimum atomic E-state index is 0.597. The van der Waals surface area contributed by atoms with Gasteiger partial charge in [0.2, 0.25) is 0 Å². The van der Waals surface area contributed by atoms with Crippen molar-refractivity contribution in [3.05, 3.63) is 24.3 Å². The van der Waals surface area contributed by atoms with Crippen molar-refractivity contribution in [3.63, 3.8) is 0 Å². The summed E-state index contributed by atoms with van der Waals surface area (Å²) in [6.07, 6.45) is 2.81. The Balaban J connectivity index is 1.44. The molecule has 2 unspecified atom stereocenters. The number of nitrogens with one attached hydrogen (secondary N) is 1. The molecular formula is C17H26N2O2. The molecule has 116 valence electrons. The molecule has 1 N–H and O–H groups in total. The van der Waals surface area contributed by atoms with E-state index < -0.39 is 0 Å². The number of piperazine rings is 1. The topological polar surface area (TPSA) is 33.7 Å². The molecule has 1 saturated carbocycles. The lowest BCUT2D eigenvalue weighted by Crippen LogP contribution is -2.56. The number of rotatable bonds is 6. The second-order valence-electron chi connectivity index (χ2n) is 6.22.